The molecule has 0 spiro atoms. The van der Waals surface area contributed by atoms with Crippen molar-refractivity contribution in [2.45, 2.75) is 12.8 Å². The van der Waals surface area contributed by atoms with Gasteiger partial charge in [0.2, 0.25) is 0 Å². The van der Waals surface area contributed by atoms with Crippen molar-refractivity contribution in [2.24, 2.45) is 0 Å². The van der Waals surface area contributed by atoms with Crippen LogP contribution in [0.3, 0.4) is 0 Å². The second kappa shape index (κ2) is 5.48. The zero-order valence-electron chi connectivity index (χ0n) is 4.15. The van der Waals surface area contributed by atoms with Crippen LogP contribution in [0.25, 0.3) is 0 Å². The van der Waals surface area contributed by atoms with Crippen molar-refractivity contribution in [3.05, 3.63) is 0 Å². The predicted molar refractivity (Wildman–Crippen MR) is 27.9 cm³/mol. The fourth-order valence-electron chi connectivity index (χ4n) is 0.270. The minimum absolute atomic E-state index is 0.588. The molecule has 0 amide bonds. The Bertz CT molecular complexity index is 65.0. The van der Waals surface area contributed by atoms with E-state index in [1.54, 1.807) is 0 Å². The van der Waals surface area contributed by atoms with E-state index in [0.717, 1.165) is 12.8 Å². The van der Waals surface area contributed by atoms with Gasteiger partial charge in [-0.25, -0.2) is 5.48 Å². The van der Waals surface area contributed by atoms with Gasteiger partial charge in [0.1, 0.15) is 0 Å². The quantitative estimate of drug-likeness (QED) is 0.304. The van der Waals surface area contributed by atoms with Gasteiger partial charge in [-0.05, 0) is 6.42 Å². The van der Waals surface area contributed by atoms with Gasteiger partial charge in [-0.1, -0.05) is 0 Å². The average molecular weight is 99.1 g/mol. The van der Waals surface area contributed by atoms with E-state index in [2.05, 4.69) is 5.92 Å². The first kappa shape index (κ1) is 6.48. The normalized spacial score (nSPS) is 8.00. The van der Waals surface area contributed by atoms with Gasteiger partial charge in [-0.3, -0.25) is 0 Å². The summed E-state index contributed by atoms with van der Waals surface area (Å²) in [5, 5.41) is 7.97. The van der Waals surface area contributed by atoms with E-state index in [4.69, 9.17) is 11.6 Å². The summed E-state index contributed by atoms with van der Waals surface area (Å²) in [5.41, 5.74) is 2.01. The van der Waals surface area contributed by atoms with Crippen molar-refractivity contribution in [1.82, 2.24) is 5.48 Å². The number of hydrogen-bond donors (Lipinski definition) is 2. The molecular formula is C5H9NO. The second-order valence-electron chi connectivity index (χ2n) is 1.22. The van der Waals surface area contributed by atoms with Crippen molar-refractivity contribution < 1.29 is 5.21 Å². The number of unbranched alkanes of at least 4 members (excludes halogenated alkanes) is 1. The maximum Gasteiger partial charge on any atom is 0.0216 e. The van der Waals surface area contributed by atoms with Crippen LogP contribution in [-0.2, 0) is 0 Å². The lowest BCUT2D eigenvalue weighted by atomic mass is 10.3. The molecule has 0 fully saturated rings. The molecule has 0 saturated carbocycles. The minimum atomic E-state index is 0.588. The lowest BCUT2D eigenvalue weighted by Crippen LogP contribution is -2.07. The number of rotatable bonds is 3. The van der Waals surface area contributed by atoms with Crippen molar-refractivity contribution in [3.63, 3.8) is 0 Å². The zero-order valence-corrected chi connectivity index (χ0v) is 4.15. The molecule has 0 heterocycles. The van der Waals surface area contributed by atoms with Gasteiger partial charge in [0.15, 0.2) is 0 Å². The molecule has 40 valence electrons. The molecule has 2 nitrogen and oxygen atoms in total. The van der Waals surface area contributed by atoms with Crippen LogP contribution in [0.4, 0.5) is 0 Å². The van der Waals surface area contributed by atoms with E-state index in [-0.39, 0.29) is 0 Å². The van der Waals surface area contributed by atoms with Crippen LogP contribution >= 0.6 is 0 Å². The zero-order chi connectivity index (χ0) is 5.54. The van der Waals surface area contributed by atoms with Gasteiger partial charge in [0.05, 0.1) is 0 Å². The molecule has 0 aliphatic carbocycles. The Morgan fingerprint density at radius 3 is 2.86 bits per heavy atom. The van der Waals surface area contributed by atoms with Crippen LogP contribution in [0.2, 0.25) is 0 Å². The molecule has 7 heavy (non-hydrogen) atoms. The summed E-state index contributed by atoms with van der Waals surface area (Å²) in [6.07, 6.45) is 6.48. The molecule has 0 aliphatic rings. The van der Waals surface area contributed by atoms with Gasteiger partial charge >= 0.3 is 0 Å². The second-order valence-corrected chi connectivity index (χ2v) is 1.22. The van der Waals surface area contributed by atoms with Crippen LogP contribution in [0.5, 0.6) is 0 Å². The van der Waals surface area contributed by atoms with Gasteiger partial charge < -0.3 is 5.21 Å². The molecule has 0 aromatic carbocycles. The fraction of sp³-hybridized carbons (Fsp3) is 0.600. The fourth-order valence-corrected chi connectivity index (χ4v) is 0.270. The predicted octanol–water partition coefficient (Wildman–Crippen LogP) is 0.379. The van der Waals surface area contributed by atoms with E-state index in [1.807, 2.05) is 5.48 Å². The van der Waals surface area contributed by atoms with Gasteiger partial charge in [-0.15, -0.1) is 12.3 Å². The molecule has 0 bridgehead atoms. The highest BCUT2D eigenvalue weighted by atomic mass is 16.5. The molecule has 0 atom stereocenters. The Balaban J connectivity index is 2.60. The van der Waals surface area contributed by atoms with Crippen LogP contribution in [0.1, 0.15) is 12.8 Å². The van der Waals surface area contributed by atoms with E-state index in [9.17, 15) is 0 Å². The van der Waals surface area contributed by atoms with Crippen molar-refractivity contribution in [2.75, 3.05) is 6.54 Å². The molecule has 2 N–H and O–H groups in total. The largest absolute Gasteiger partial charge is 0.317 e. The third-order valence-electron chi connectivity index (χ3n) is 0.610. The topological polar surface area (TPSA) is 32.3 Å². The van der Waals surface area contributed by atoms with Gasteiger partial charge in [0, 0.05) is 13.0 Å². The lowest BCUT2D eigenvalue weighted by Gasteiger charge is -1.88. The van der Waals surface area contributed by atoms with Crippen LogP contribution in [0, 0.1) is 12.3 Å². The molecule has 0 aromatic heterocycles. The molecular weight excluding hydrogens is 90.1 g/mol. The molecule has 0 saturated heterocycles. The maximum absolute atomic E-state index is 7.97. The minimum Gasteiger partial charge on any atom is -0.317 e. The first-order chi connectivity index (χ1) is 3.41. The summed E-state index contributed by atoms with van der Waals surface area (Å²) in [6, 6.07) is 0. The Morgan fingerprint density at radius 1 is 1.71 bits per heavy atom. The molecule has 0 aliphatic heterocycles. The Labute approximate surface area is 43.5 Å². The van der Waals surface area contributed by atoms with Crippen molar-refractivity contribution in [3.8, 4) is 12.3 Å². The highest BCUT2D eigenvalue weighted by Gasteiger charge is 1.77. The molecule has 0 rings (SSSR count). The summed E-state index contributed by atoms with van der Waals surface area (Å²) in [4.78, 5) is 0. The Hall–Kier alpha value is -0.520. The molecule has 0 unspecified atom stereocenters. The number of hydrogen-bond acceptors (Lipinski definition) is 2. The number of nitrogens with one attached hydrogen (secondary N) is 1. The van der Waals surface area contributed by atoms with E-state index in [0.29, 0.717) is 6.54 Å². The monoisotopic (exact) mass is 99.1 g/mol. The summed E-state index contributed by atoms with van der Waals surface area (Å²) < 4.78 is 0. The van der Waals surface area contributed by atoms with Crippen molar-refractivity contribution >= 4 is 0 Å². The molecule has 0 radical (unpaired) electrons. The number of terminal acetylenes is 1. The van der Waals surface area contributed by atoms with E-state index in [1.165, 1.54) is 0 Å². The highest BCUT2D eigenvalue weighted by molar-refractivity contribution is 4.82. The maximum atomic E-state index is 7.97. The third kappa shape index (κ3) is 5.48. The van der Waals surface area contributed by atoms with Gasteiger partial charge in [-0.2, -0.15) is 0 Å². The first-order valence-electron chi connectivity index (χ1n) is 2.22. The van der Waals surface area contributed by atoms with Crippen LogP contribution in [-0.4, -0.2) is 11.8 Å². The lowest BCUT2D eigenvalue weighted by molar-refractivity contribution is 0.166. The average Bonchev–Trinajstić information content (AvgIpc) is 1.69. The van der Waals surface area contributed by atoms with Crippen molar-refractivity contribution in [1.29, 1.82) is 0 Å². The first-order valence-corrected chi connectivity index (χ1v) is 2.22. The Morgan fingerprint density at radius 2 is 2.43 bits per heavy atom. The summed E-state index contributed by atoms with van der Waals surface area (Å²) in [6.45, 7) is 0.588. The van der Waals surface area contributed by atoms with E-state index >= 15 is 0 Å². The SMILES string of the molecule is C#CCCCNO. The molecule has 2 heteroatoms. The van der Waals surface area contributed by atoms with Crippen LogP contribution in [0.15, 0.2) is 0 Å². The standard InChI is InChI=1S/C5H9NO/c1-2-3-4-5-6-7/h1,6-7H,3-5H2. The summed E-state index contributed by atoms with van der Waals surface area (Å²) >= 11 is 0. The summed E-state index contributed by atoms with van der Waals surface area (Å²) in [7, 11) is 0. The van der Waals surface area contributed by atoms with E-state index < -0.39 is 0 Å². The number of hydroxylamine groups is 1. The Kier molecular flexibility index (Phi) is 5.07. The smallest absolute Gasteiger partial charge is 0.0216 e. The third-order valence-corrected chi connectivity index (χ3v) is 0.610. The summed E-state index contributed by atoms with van der Waals surface area (Å²) in [5.74, 6) is 2.45. The highest BCUT2D eigenvalue weighted by Crippen LogP contribution is 1.79. The molecule has 0 aromatic rings. The van der Waals surface area contributed by atoms with Crippen LogP contribution < -0.4 is 5.48 Å². The van der Waals surface area contributed by atoms with Gasteiger partial charge in [0.25, 0.3) is 0 Å².